The summed E-state index contributed by atoms with van der Waals surface area (Å²) in [6, 6.07) is 11.8. The molecular weight excluding hydrogens is 307 g/mol. The molecule has 0 radical (unpaired) electrons. The van der Waals surface area contributed by atoms with Crippen LogP contribution in [0.3, 0.4) is 0 Å². The Labute approximate surface area is 130 Å². The van der Waals surface area contributed by atoms with E-state index in [2.05, 4.69) is 10.0 Å². The van der Waals surface area contributed by atoms with Crippen molar-refractivity contribution in [3.05, 3.63) is 59.4 Å². The van der Waals surface area contributed by atoms with E-state index in [1.165, 1.54) is 12.1 Å². The van der Waals surface area contributed by atoms with Gasteiger partial charge in [-0.2, -0.15) is 0 Å². The van der Waals surface area contributed by atoms with E-state index in [0.717, 1.165) is 11.1 Å². The van der Waals surface area contributed by atoms with Crippen molar-refractivity contribution < 1.29 is 17.9 Å². The summed E-state index contributed by atoms with van der Waals surface area (Å²) in [6.45, 7) is 0. The first-order chi connectivity index (χ1) is 10.6. The summed E-state index contributed by atoms with van der Waals surface area (Å²) in [6.07, 6.45) is 1.95. The van der Waals surface area contributed by atoms with Gasteiger partial charge in [0.2, 0.25) is 6.41 Å². The zero-order chi connectivity index (χ0) is 15.9. The number of halogens is 1. The van der Waals surface area contributed by atoms with Crippen LogP contribution in [-0.2, 0) is 28.9 Å². The lowest BCUT2D eigenvalue weighted by molar-refractivity contribution is -0.105. The topological polar surface area (TPSA) is 78.4 Å². The van der Waals surface area contributed by atoms with Crippen LogP contribution in [0.25, 0.3) is 0 Å². The monoisotopic (exact) mass is 322 g/mol. The van der Waals surface area contributed by atoms with E-state index >= 15 is 0 Å². The van der Waals surface area contributed by atoms with Gasteiger partial charge < -0.3 is 5.32 Å². The van der Waals surface area contributed by atoms with Gasteiger partial charge in [0.25, 0.3) is 11.3 Å². The summed E-state index contributed by atoms with van der Waals surface area (Å²) in [4.78, 5) is 10.4. The van der Waals surface area contributed by atoms with Gasteiger partial charge in [-0.25, -0.2) is 8.60 Å². The van der Waals surface area contributed by atoms with Crippen molar-refractivity contribution in [2.45, 2.75) is 12.8 Å². The van der Waals surface area contributed by atoms with Gasteiger partial charge in [-0.15, -0.1) is 0 Å². The second-order valence-electron chi connectivity index (χ2n) is 4.63. The van der Waals surface area contributed by atoms with E-state index < -0.39 is 17.1 Å². The fraction of sp³-hybridized carbons (Fsp3) is 0.133. The first-order valence-corrected chi connectivity index (χ1v) is 7.64. The van der Waals surface area contributed by atoms with Crippen LogP contribution in [0.15, 0.2) is 42.5 Å². The number of aryl methyl sites for hydroxylation is 2. The number of anilines is 2. The second kappa shape index (κ2) is 7.67. The average Bonchev–Trinajstić information content (AvgIpc) is 2.48. The molecular formula is C15H15FN2O3S. The van der Waals surface area contributed by atoms with Crippen LogP contribution < -0.4 is 10.0 Å². The average molecular weight is 322 g/mol. The Morgan fingerprint density at radius 1 is 1.14 bits per heavy atom. The van der Waals surface area contributed by atoms with Crippen LogP contribution >= 0.6 is 0 Å². The molecule has 2 aromatic carbocycles. The molecule has 0 bridgehead atoms. The maximum atomic E-state index is 13.5. The highest BCUT2D eigenvalue weighted by Crippen LogP contribution is 2.19. The number of carbonyl (C=O) groups excluding carboxylic acids is 1. The molecule has 2 rings (SSSR count). The summed E-state index contributed by atoms with van der Waals surface area (Å²) < 4.78 is 35.1. The smallest absolute Gasteiger partial charge is 0.259 e. The van der Waals surface area contributed by atoms with E-state index in [0.29, 0.717) is 24.9 Å². The number of hydrogen-bond donors (Lipinski definition) is 3. The summed E-state index contributed by atoms with van der Waals surface area (Å²) in [5.41, 5.74) is 2.57. The highest BCUT2D eigenvalue weighted by atomic mass is 32.2. The Morgan fingerprint density at radius 2 is 1.86 bits per heavy atom. The zero-order valence-electron chi connectivity index (χ0n) is 11.6. The minimum Gasteiger partial charge on any atom is -0.329 e. The minimum absolute atomic E-state index is 0.00490. The van der Waals surface area contributed by atoms with Gasteiger partial charge >= 0.3 is 0 Å². The van der Waals surface area contributed by atoms with Crippen molar-refractivity contribution in [3.8, 4) is 0 Å². The molecule has 1 unspecified atom stereocenters. The number of hydrogen-bond acceptors (Lipinski definition) is 2. The molecule has 2 aromatic rings. The first-order valence-electron chi connectivity index (χ1n) is 6.53. The third kappa shape index (κ3) is 4.64. The van der Waals surface area contributed by atoms with Crippen LogP contribution in [0, 0.1) is 5.82 Å². The van der Waals surface area contributed by atoms with Gasteiger partial charge in [0.1, 0.15) is 5.82 Å². The van der Waals surface area contributed by atoms with Crippen molar-refractivity contribution in [3.63, 3.8) is 0 Å². The summed E-state index contributed by atoms with van der Waals surface area (Å²) in [5.74, 6) is -0.580. The molecule has 0 spiro atoms. The van der Waals surface area contributed by atoms with Gasteiger partial charge in [-0.1, -0.05) is 18.2 Å². The standard InChI is InChI=1S/C15H15FN2O3S/c16-14-7-6-12(9-15(14)18-22(20)21)5-4-11-2-1-3-13(8-11)17-10-19/h1-3,6-10,18H,4-5H2,(H,17,19)(H,20,21). The fourth-order valence-corrected chi connectivity index (χ4v) is 2.42. The van der Waals surface area contributed by atoms with Gasteiger partial charge in [0, 0.05) is 5.69 Å². The largest absolute Gasteiger partial charge is 0.329 e. The van der Waals surface area contributed by atoms with E-state index in [-0.39, 0.29) is 5.69 Å². The summed E-state index contributed by atoms with van der Waals surface area (Å²) in [5, 5.41) is 2.58. The molecule has 0 aliphatic heterocycles. The second-order valence-corrected chi connectivity index (χ2v) is 5.33. The third-order valence-corrected chi connectivity index (χ3v) is 3.48. The highest BCUT2D eigenvalue weighted by molar-refractivity contribution is 7.80. The molecule has 22 heavy (non-hydrogen) atoms. The van der Waals surface area contributed by atoms with Crippen LogP contribution in [-0.4, -0.2) is 15.2 Å². The lowest BCUT2D eigenvalue weighted by Gasteiger charge is -2.08. The van der Waals surface area contributed by atoms with Gasteiger partial charge in [0.05, 0.1) is 5.69 Å². The van der Waals surface area contributed by atoms with E-state index in [4.69, 9.17) is 4.55 Å². The molecule has 0 aliphatic carbocycles. The van der Waals surface area contributed by atoms with Gasteiger partial charge in [-0.3, -0.25) is 14.1 Å². The molecule has 0 aliphatic rings. The molecule has 116 valence electrons. The van der Waals surface area contributed by atoms with Crippen molar-refractivity contribution in [1.29, 1.82) is 0 Å². The van der Waals surface area contributed by atoms with E-state index in [1.54, 1.807) is 12.1 Å². The fourth-order valence-electron chi connectivity index (χ4n) is 2.07. The Kier molecular flexibility index (Phi) is 5.62. The number of carbonyl (C=O) groups is 1. The van der Waals surface area contributed by atoms with Crippen LogP contribution in [0.5, 0.6) is 0 Å². The maximum Gasteiger partial charge on any atom is 0.259 e. The molecule has 3 N–H and O–H groups in total. The van der Waals surface area contributed by atoms with Crippen LogP contribution in [0.2, 0.25) is 0 Å². The summed E-state index contributed by atoms with van der Waals surface area (Å²) >= 11 is -2.31. The van der Waals surface area contributed by atoms with Gasteiger partial charge in [0.15, 0.2) is 0 Å². The molecule has 1 atom stereocenters. The number of amides is 1. The Morgan fingerprint density at radius 3 is 2.55 bits per heavy atom. The normalized spacial score (nSPS) is 11.7. The third-order valence-electron chi connectivity index (χ3n) is 3.08. The highest BCUT2D eigenvalue weighted by Gasteiger charge is 2.06. The first kappa shape index (κ1) is 16.1. The molecule has 0 saturated heterocycles. The van der Waals surface area contributed by atoms with Crippen molar-refractivity contribution >= 4 is 29.1 Å². The van der Waals surface area contributed by atoms with Crippen molar-refractivity contribution in [2.75, 3.05) is 10.0 Å². The molecule has 0 saturated carbocycles. The lowest BCUT2D eigenvalue weighted by Crippen LogP contribution is -2.04. The van der Waals surface area contributed by atoms with Crippen LogP contribution in [0.1, 0.15) is 11.1 Å². The quantitative estimate of drug-likeness (QED) is 0.542. The Bertz CT molecular complexity index is 694. The maximum absolute atomic E-state index is 13.5. The molecule has 1 amide bonds. The predicted octanol–water partition coefficient (Wildman–Crippen LogP) is 2.73. The van der Waals surface area contributed by atoms with E-state index in [1.807, 2.05) is 18.2 Å². The molecule has 0 aromatic heterocycles. The lowest BCUT2D eigenvalue weighted by atomic mass is 10.0. The number of nitrogens with one attached hydrogen (secondary N) is 2. The van der Waals surface area contributed by atoms with Gasteiger partial charge in [-0.05, 0) is 48.2 Å². The molecule has 0 fully saturated rings. The van der Waals surface area contributed by atoms with Crippen molar-refractivity contribution in [1.82, 2.24) is 0 Å². The molecule has 0 heterocycles. The number of benzene rings is 2. The van der Waals surface area contributed by atoms with E-state index in [9.17, 15) is 13.4 Å². The van der Waals surface area contributed by atoms with Crippen molar-refractivity contribution in [2.24, 2.45) is 0 Å². The molecule has 5 nitrogen and oxygen atoms in total. The summed E-state index contributed by atoms with van der Waals surface area (Å²) in [7, 11) is 0. The molecule has 7 heteroatoms. The number of rotatable bonds is 7. The minimum atomic E-state index is -2.31. The predicted molar refractivity (Wildman–Crippen MR) is 84.3 cm³/mol. The SMILES string of the molecule is O=CNc1cccc(CCc2ccc(F)c(NS(=O)O)c2)c1. The van der Waals surface area contributed by atoms with Crippen LogP contribution in [0.4, 0.5) is 15.8 Å². The zero-order valence-corrected chi connectivity index (χ0v) is 12.4. The Balaban J connectivity index is 2.06. The Hall–Kier alpha value is -2.25.